The van der Waals surface area contributed by atoms with E-state index >= 15 is 0 Å². The Morgan fingerprint density at radius 2 is 1.16 bits per heavy atom. The molecule has 0 atom stereocenters. The molecule has 24 heteroatoms. The van der Waals surface area contributed by atoms with Gasteiger partial charge >= 0.3 is 18.2 Å². The van der Waals surface area contributed by atoms with E-state index in [0.29, 0.717) is 80.4 Å². The maximum atomic E-state index is 13.7. The standard InChI is InChI=1S/C24H26FN7O3.C20H19FN6O.C2HF3O2/c1-23(2,3)35-22(34)32-11-24(4,12-32)29-21(33)15-9-26-20-19(15)28-16(10-27-20)18-14-7-6-13(25)8-17(14)31(5)30-18;1-20(6-3-7-20)25-19(28)13-9-22-18-17(13)24-14(10-23-18)16-12-5-4-11(21)8-15(12)27(2)26-16;3-2(4,5)1(6)7/h6-10H,11-12H2,1-5H3,(H,26,27)(H,29,33);4-5,8-10H,3,6-7H2,1-2H3,(H,22,23)(H,25,28);(H,6,7). The van der Waals surface area contributed by atoms with Gasteiger partial charge in [0.15, 0.2) is 11.3 Å². The Morgan fingerprint density at radius 3 is 1.54 bits per heavy atom. The van der Waals surface area contributed by atoms with Crippen molar-refractivity contribution in [3.63, 3.8) is 0 Å². The molecule has 5 N–H and O–H groups in total. The van der Waals surface area contributed by atoms with Crippen LogP contribution in [-0.4, -0.2) is 119 Å². The van der Waals surface area contributed by atoms with Gasteiger partial charge in [0.25, 0.3) is 11.8 Å². The maximum Gasteiger partial charge on any atom is 0.490 e. The lowest BCUT2D eigenvalue weighted by Crippen LogP contribution is -2.70. The topological polar surface area (TPSA) is 244 Å². The highest BCUT2D eigenvalue weighted by Crippen LogP contribution is 2.33. The number of alkyl halides is 3. The van der Waals surface area contributed by atoms with Gasteiger partial charge in [0.2, 0.25) is 0 Å². The third kappa shape index (κ3) is 9.92. The zero-order chi connectivity index (χ0) is 50.7. The molecular weight excluding hydrogens is 926 g/mol. The average molecular weight is 972 g/mol. The lowest BCUT2D eigenvalue weighted by molar-refractivity contribution is -0.192. The maximum absolute atomic E-state index is 13.7. The molecule has 1 saturated heterocycles. The Bertz CT molecular complexity index is 3360. The fraction of sp³-hybridized carbons (Fsp3) is 0.348. The van der Waals surface area contributed by atoms with Crippen LogP contribution < -0.4 is 10.6 Å². The second-order valence-electron chi connectivity index (χ2n) is 18.6. The summed E-state index contributed by atoms with van der Waals surface area (Å²) in [6.07, 6.45) is 3.97. The molecule has 19 nitrogen and oxygen atoms in total. The molecule has 2 aromatic carbocycles. The Labute approximate surface area is 393 Å². The Morgan fingerprint density at radius 1 is 0.729 bits per heavy atom. The largest absolute Gasteiger partial charge is 0.490 e. The van der Waals surface area contributed by atoms with E-state index in [0.717, 1.165) is 30.0 Å². The van der Waals surface area contributed by atoms with Crippen molar-refractivity contribution in [3.05, 3.63) is 83.9 Å². The molecule has 0 radical (unpaired) electrons. The van der Waals surface area contributed by atoms with Crippen molar-refractivity contribution >= 4 is 68.0 Å². The van der Waals surface area contributed by atoms with E-state index in [4.69, 9.17) is 14.6 Å². The van der Waals surface area contributed by atoms with Gasteiger partial charge in [-0.1, -0.05) is 0 Å². The van der Waals surface area contributed by atoms with E-state index in [1.54, 1.807) is 65.3 Å². The molecule has 8 aromatic rings. The number of carbonyl (C=O) groups is 4. The van der Waals surface area contributed by atoms with Crippen LogP contribution in [0.3, 0.4) is 0 Å². The second kappa shape index (κ2) is 17.8. The molecule has 10 rings (SSSR count). The lowest BCUT2D eigenvalue weighted by atomic mass is 9.78. The summed E-state index contributed by atoms with van der Waals surface area (Å²) in [7, 11) is 3.48. The fourth-order valence-electron chi connectivity index (χ4n) is 8.04. The Kier molecular flexibility index (Phi) is 12.3. The van der Waals surface area contributed by atoms with E-state index in [9.17, 15) is 36.3 Å². The number of aromatic nitrogens is 10. The van der Waals surface area contributed by atoms with E-state index in [2.05, 4.69) is 57.7 Å². The van der Waals surface area contributed by atoms with Crippen molar-refractivity contribution < 1.29 is 51.0 Å². The van der Waals surface area contributed by atoms with Crippen LogP contribution in [0.5, 0.6) is 0 Å². The van der Waals surface area contributed by atoms with E-state index in [1.807, 2.05) is 27.7 Å². The number of nitrogens with one attached hydrogen (secondary N) is 4. The number of aromatic amines is 2. The molecule has 1 aliphatic heterocycles. The molecule has 3 amide bonds. The van der Waals surface area contributed by atoms with Crippen molar-refractivity contribution in [2.24, 2.45) is 14.1 Å². The van der Waals surface area contributed by atoms with Gasteiger partial charge in [-0.25, -0.2) is 38.3 Å². The number of carboxylic acid groups (broad SMARTS) is 1. The minimum atomic E-state index is -5.08. The molecule has 2 fully saturated rings. The number of nitrogens with zero attached hydrogens (tertiary/aromatic N) is 9. The molecule has 70 heavy (non-hydrogen) atoms. The monoisotopic (exact) mass is 971 g/mol. The number of amides is 3. The summed E-state index contributed by atoms with van der Waals surface area (Å²) in [5.74, 6) is -3.92. The number of fused-ring (bicyclic) bond motifs is 4. The third-order valence-corrected chi connectivity index (χ3v) is 11.6. The molecule has 6 aromatic heterocycles. The molecule has 0 unspecified atom stereocenters. The van der Waals surface area contributed by atoms with Crippen LogP contribution in [0, 0.1) is 11.6 Å². The zero-order valence-electron chi connectivity index (χ0n) is 38.7. The number of aryl methyl sites for hydroxylation is 2. The molecule has 2 aliphatic rings. The van der Waals surface area contributed by atoms with Crippen LogP contribution in [0.25, 0.3) is 66.9 Å². The molecule has 366 valence electrons. The summed E-state index contributed by atoms with van der Waals surface area (Å²) in [5, 5.41) is 23.7. The van der Waals surface area contributed by atoms with Crippen LogP contribution >= 0.6 is 0 Å². The van der Waals surface area contributed by atoms with Gasteiger partial charge in [-0.15, -0.1) is 0 Å². The van der Waals surface area contributed by atoms with Crippen LogP contribution in [-0.2, 0) is 23.6 Å². The predicted molar refractivity (Wildman–Crippen MR) is 244 cm³/mol. The number of carboxylic acids is 1. The highest BCUT2D eigenvalue weighted by atomic mass is 19.4. The summed E-state index contributed by atoms with van der Waals surface area (Å²) in [6, 6.07) is 8.94. The SMILES string of the molecule is Cn1nc(-c2cnc3[nH]cc(C(=O)NC4(C)CCC4)c3n2)c2ccc(F)cc21.Cn1nc(-c2cnc3[nH]cc(C(=O)NC4(C)CN(C(=O)OC(C)(C)C)C4)c3n2)c2ccc(F)cc21.O=C(O)C(F)(F)F. The van der Waals surface area contributed by atoms with E-state index in [1.165, 1.54) is 24.3 Å². The highest BCUT2D eigenvalue weighted by molar-refractivity contribution is 6.06. The molecule has 7 heterocycles. The van der Waals surface area contributed by atoms with Gasteiger partial charge in [-0.2, -0.15) is 23.4 Å². The minimum absolute atomic E-state index is 0.146. The number of rotatable bonds is 6. The average Bonchev–Trinajstić information content (AvgIpc) is 4.04. The smallest absolute Gasteiger partial charge is 0.475 e. The molecule has 1 aliphatic carbocycles. The first-order valence-corrected chi connectivity index (χ1v) is 21.7. The number of benzene rings is 2. The number of hydrogen-bond acceptors (Lipinski definition) is 11. The van der Waals surface area contributed by atoms with Crippen LogP contribution in [0.1, 0.15) is 74.6 Å². The van der Waals surface area contributed by atoms with Gasteiger partial charge in [-0.3, -0.25) is 19.0 Å². The number of H-pyrrole nitrogens is 2. The number of likely N-dealkylation sites (tertiary alicyclic amines) is 1. The van der Waals surface area contributed by atoms with Crippen LogP contribution in [0.15, 0.2) is 61.2 Å². The fourth-order valence-corrected chi connectivity index (χ4v) is 8.04. The van der Waals surface area contributed by atoms with Gasteiger partial charge < -0.3 is 35.3 Å². The molecular formula is C46H46F5N13O6. The zero-order valence-corrected chi connectivity index (χ0v) is 38.7. The van der Waals surface area contributed by atoms with E-state index in [-0.39, 0.29) is 29.0 Å². The predicted octanol–water partition coefficient (Wildman–Crippen LogP) is 7.35. The first-order chi connectivity index (χ1) is 32.8. The van der Waals surface area contributed by atoms with Crippen molar-refractivity contribution in [1.82, 2.24) is 65.0 Å². The molecule has 0 bridgehead atoms. The summed E-state index contributed by atoms with van der Waals surface area (Å²) in [6.45, 7) is 10.0. The van der Waals surface area contributed by atoms with Crippen LogP contribution in [0.2, 0.25) is 0 Å². The van der Waals surface area contributed by atoms with Crippen molar-refractivity contribution in [2.45, 2.75) is 76.7 Å². The highest BCUT2D eigenvalue weighted by Gasteiger charge is 2.44. The molecule has 0 spiro atoms. The molecule has 1 saturated carbocycles. The number of halogens is 5. The van der Waals surface area contributed by atoms with E-state index < -0.39 is 29.4 Å². The van der Waals surface area contributed by atoms with Crippen molar-refractivity contribution in [3.8, 4) is 22.8 Å². The number of carbonyl (C=O) groups excluding carboxylic acids is 3. The Balaban J connectivity index is 0.000000169. The summed E-state index contributed by atoms with van der Waals surface area (Å²) < 4.78 is 67.6. The normalized spacial score (nSPS) is 15.1. The van der Waals surface area contributed by atoms with Gasteiger partial charge in [0.05, 0.1) is 40.1 Å². The van der Waals surface area contributed by atoms with Gasteiger partial charge in [0, 0.05) is 55.9 Å². The number of hydrogen-bond donors (Lipinski definition) is 5. The van der Waals surface area contributed by atoms with Crippen LogP contribution in [0.4, 0.5) is 26.7 Å². The quantitative estimate of drug-likeness (QED) is 0.103. The first kappa shape index (κ1) is 48.4. The van der Waals surface area contributed by atoms with Gasteiger partial charge in [0.1, 0.15) is 51.0 Å². The summed E-state index contributed by atoms with van der Waals surface area (Å²) >= 11 is 0. The van der Waals surface area contributed by atoms with Crippen molar-refractivity contribution in [1.29, 1.82) is 0 Å². The second-order valence-corrected chi connectivity index (χ2v) is 18.6. The Hall–Kier alpha value is -8.05. The lowest BCUT2D eigenvalue weighted by Gasteiger charge is -2.48. The third-order valence-electron chi connectivity index (χ3n) is 11.6. The summed E-state index contributed by atoms with van der Waals surface area (Å²) in [4.78, 5) is 72.7. The van der Waals surface area contributed by atoms with Crippen molar-refractivity contribution in [2.75, 3.05) is 13.1 Å². The van der Waals surface area contributed by atoms with Gasteiger partial charge in [-0.05, 0) is 90.3 Å². The summed E-state index contributed by atoms with van der Waals surface area (Å²) in [5.41, 5.74) is 4.81. The number of aliphatic carboxylic acids is 1. The minimum Gasteiger partial charge on any atom is -0.475 e. The first-order valence-electron chi connectivity index (χ1n) is 21.7. The number of ether oxygens (including phenoxy) is 1.